The van der Waals surface area contributed by atoms with Crippen molar-refractivity contribution in [2.45, 2.75) is 25.6 Å². The van der Waals surface area contributed by atoms with Crippen molar-refractivity contribution in [1.82, 2.24) is 14.8 Å². The van der Waals surface area contributed by atoms with E-state index in [0.29, 0.717) is 31.6 Å². The van der Waals surface area contributed by atoms with Gasteiger partial charge in [-0.2, -0.15) is 0 Å². The van der Waals surface area contributed by atoms with Gasteiger partial charge in [-0.1, -0.05) is 24.3 Å². The molecule has 0 saturated heterocycles. The lowest BCUT2D eigenvalue weighted by molar-refractivity contribution is 0.0653. The van der Waals surface area contributed by atoms with Gasteiger partial charge in [0.25, 0.3) is 11.8 Å². The van der Waals surface area contributed by atoms with E-state index < -0.39 is 58.1 Å². The van der Waals surface area contributed by atoms with E-state index in [1.54, 1.807) is 4.90 Å². The number of hydrogen-bond acceptors (Lipinski definition) is 4. The number of nitrogens with zero attached hydrogens (tertiary/aromatic N) is 2. The highest BCUT2D eigenvalue weighted by molar-refractivity contribution is 5.99. The standard InChI is InChI=1S/C24H18F3N3O4/c25-14-6-18(26)16(19(27)7-14)8-28-23(33)17-11-30-15-5-12-3-1-2-4-13(12)9-29(10-15)24(34)20(30)22(32)21(17)31/h1-4,6-7,11,15,32H,5,8-10H2,(H,28,33). The lowest BCUT2D eigenvalue weighted by atomic mass is 10.0. The first-order valence-corrected chi connectivity index (χ1v) is 10.5. The molecule has 2 bridgehead atoms. The summed E-state index contributed by atoms with van der Waals surface area (Å²) >= 11 is 0. The van der Waals surface area contributed by atoms with Crippen molar-refractivity contribution in [2.24, 2.45) is 0 Å². The fraction of sp³-hybridized carbons (Fsp3) is 0.208. The van der Waals surface area contributed by atoms with Crippen LogP contribution in [-0.4, -0.2) is 32.9 Å². The van der Waals surface area contributed by atoms with Crippen molar-refractivity contribution in [1.29, 1.82) is 0 Å². The molecule has 0 saturated carbocycles. The molecule has 0 aliphatic carbocycles. The smallest absolute Gasteiger partial charge is 0.274 e. The Labute approximate surface area is 191 Å². The summed E-state index contributed by atoms with van der Waals surface area (Å²) in [6.07, 6.45) is 1.69. The Kier molecular flexibility index (Phi) is 5.15. The second kappa shape index (κ2) is 8.05. The normalized spacial score (nSPS) is 16.5. The summed E-state index contributed by atoms with van der Waals surface area (Å²) in [5, 5.41) is 12.8. The van der Waals surface area contributed by atoms with Crippen LogP contribution in [0.3, 0.4) is 0 Å². The molecule has 2 aromatic carbocycles. The molecule has 2 N–H and O–H groups in total. The summed E-state index contributed by atoms with van der Waals surface area (Å²) in [4.78, 5) is 40.1. The Morgan fingerprint density at radius 2 is 1.76 bits per heavy atom. The van der Waals surface area contributed by atoms with E-state index in [1.807, 2.05) is 24.3 Å². The molecule has 1 unspecified atom stereocenters. The van der Waals surface area contributed by atoms with Gasteiger partial charge in [-0.05, 0) is 17.5 Å². The first kappa shape index (κ1) is 21.7. The number of hydrogen-bond donors (Lipinski definition) is 2. The van der Waals surface area contributed by atoms with Crippen LogP contribution < -0.4 is 10.7 Å². The number of amides is 2. The predicted molar refractivity (Wildman–Crippen MR) is 114 cm³/mol. The fourth-order valence-electron chi connectivity index (χ4n) is 4.53. The summed E-state index contributed by atoms with van der Waals surface area (Å²) in [5.74, 6) is -5.88. The summed E-state index contributed by atoms with van der Waals surface area (Å²) in [6, 6.07) is 8.19. The van der Waals surface area contributed by atoms with E-state index in [0.717, 1.165) is 11.1 Å². The molecule has 7 nitrogen and oxygen atoms in total. The molecule has 3 aromatic rings. The number of aromatic nitrogens is 1. The summed E-state index contributed by atoms with van der Waals surface area (Å²) < 4.78 is 42.3. The maximum Gasteiger partial charge on any atom is 0.274 e. The molecule has 0 fully saturated rings. The van der Waals surface area contributed by atoms with Crippen LogP contribution in [0.4, 0.5) is 13.2 Å². The van der Waals surface area contributed by atoms with Gasteiger partial charge in [0.2, 0.25) is 5.43 Å². The van der Waals surface area contributed by atoms with Gasteiger partial charge in [0.05, 0.1) is 6.04 Å². The monoisotopic (exact) mass is 469 g/mol. The van der Waals surface area contributed by atoms with Gasteiger partial charge in [0.1, 0.15) is 23.0 Å². The molecule has 2 aliphatic rings. The molecule has 174 valence electrons. The minimum Gasteiger partial charge on any atom is -0.503 e. The van der Waals surface area contributed by atoms with E-state index in [4.69, 9.17) is 0 Å². The lowest BCUT2D eigenvalue weighted by Crippen LogP contribution is -2.44. The fourth-order valence-corrected chi connectivity index (χ4v) is 4.53. The zero-order chi connectivity index (χ0) is 24.1. The Morgan fingerprint density at radius 1 is 1.09 bits per heavy atom. The minimum absolute atomic E-state index is 0.207. The number of carbonyl (C=O) groups excluding carboxylic acids is 2. The molecule has 2 amide bonds. The maximum absolute atomic E-state index is 13.9. The number of halogens is 3. The molecule has 0 spiro atoms. The Balaban J connectivity index is 1.50. The lowest BCUT2D eigenvalue weighted by Gasteiger charge is -2.34. The van der Waals surface area contributed by atoms with E-state index in [9.17, 15) is 32.7 Å². The van der Waals surface area contributed by atoms with Gasteiger partial charge in [0, 0.05) is 43.5 Å². The molecular weight excluding hydrogens is 451 g/mol. The largest absolute Gasteiger partial charge is 0.503 e. The number of rotatable bonds is 3. The minimum atomic E-state index is -1.19. The summed E-state index contributed by atoms with van der Waals surface area (Å²) in [6.45, 7) is -0.00565. The van der Waals surface area contributed by atoms with Crippen LogP contribution in [-0.2, 0) is 19.5 Å². The zero-order valence-electron chi connectivity index (χ0n) is 17.6. The van der Waals surface area contributed by atoms with Crippen LogP contribution in [0.5, 0.6) is 5.75 Å². The van der Waals surface area contributed by atoms with Crippen LogP contribution in [0.25, 0.3) is 0 Å². The van der Waals surface area contributed by atoms with Gasteiger partial charge in [-0.25, -0.2) is 13.2 Å². The second-order valence-corrected chi connectivity index (χ2v) is 8.32. The maximum atomic E-state index is 13.9. The van der Waals surface area contributed by atoms with Crippen molar-refractivity contribution >= 4 is 11.8 Å². The van der Waals surface area contributed by atoms with Crippen molar-refractivity contribution in [3.8, 4) is 5.75 Å². The topological polar surface area (TPSA) is 91.6 Å². The first-order chi connectivity index (χ1) is 16.2. The SMILES string of the molecule is O=C(NCc1c(F)cc(F)cc1F)c1cn2c(c(O)c1=O)C(=O)N1Cc3ccccc3CC2C1. The highest BCUT2D eigenvalue weighted by Crippen LogP contribution is 2.33. The molecule has 10 heteroatoms. The number of benzene rings is 2. The Bertz CT molecular complexity index is 1400. The molecule has 2 aliphatic heterocycles. The second-order valence-electron chi connectivity index (χ2n) is 8.32. The van der Waals surface area contributed by atoms with E-state index in [1.165, 1.54) is 10.8 Å². The molecule has 1 aromatic heterocycles. The van der Waals surface area contributed by atoms with Crippen LogP contribution in [0.2, 0.25) is 0 Å². The van der Waals surface area contributed by atoms with Crippen molar-refractivity contribution in [2.75, 3.05) is 6.54 Å². The van der Waals surface area contributed by atoms with Gasteiger partial charge in [-0.15, -0.1) is 0 Å². The van der Waals surface area contributed by atoms with Crippen LogP contribution in [0.15, 0.2) is 47.4 Å². The van der Waals surface area contributed by atoms with Crippen LogP contribution >= 0.6 is 0 Å². The van der Waals surface area contributed by atoms with Gasteiger partial charge in [-0.3, -0.25) is 14.4 Å². The number of nitrogens with one attached hydrogen (secondary N) is 1. The molecule has 5 rings (SSSR count). The number of carbonyl (C=O) groups is 2. The van der Waals surface area contributed by atoms with Gasteiger partial charge >= 0.3 is 0 Å². The molecule has 3 heterocycles. The van der Waals surface area contributed by atoms with Crippen molar-refractivity contribution in [3.05, 3.63) is 98.2 Å². The summed E-state index contributed by atoms with van der Waals surface area (Å²) in [5.41, 5.74) is -0.390. The quantitative estimate of drug-likeness (QED) is 0.617. The van der Waals surface area contributed by atoms with Crippen molar-refractivity contribution < 1.29 is 27.9 Å². The first-order valence-electron chi connectivity index (χ1n) is 10.5. The predicted octanol–water partition coefficient (Wildman–Crippen LogP) is 2.65. The zero-order valence-corrected chi connectivity index (χ0v) is 17.6. The van der Waals surface area contributed by atoms with Gasteiger partial charge < -0.3 is 19.9 Å². The Hall–Kier alpha value is -4.08. The van der Waals surface area contributed by atoms with E-state index in [-0.39, 0.29) is 11.7 Å². The van der Waals surface area contributed by atoms with E-state index >= 15 is 0 Å². The molecular formula is C24H18F3N3O4. The number of pyridine rings is 1. The van der Waals surface area contributed by atoms with Gasteiger partial charge in [0.15, 0.2) is 11.4 Å². The third kappa shape index (κ3) is 3.51. The average Bonchev–Trinajstić information content (AvgIpc) is 2.96. The summed E-state index contributed by atoms with van der Waals surface area (Å²) in [7, 11) is 0. The molecule has 34 heavy (non-hydrogen) atoms. The third-order valence-corrected chi connectivity index (χ3v) is 6.24. The molecule has 0 radical (unpaired) electrons. The number of fused-ring (bicyclic) bond motifs is 5. The Morgan fingerprint density at radius 3 is 2.47 bits per heavy atom. The van der Waals surface area contributed by atoms with Crippen LogP contribution in [0.1, 0.15) is 43.6 Å². The highest BCUT2D eigenvalue weighted by Gasteiger charge is 2.37. The average molecular weight is 469 g/mol. The van der Waals surface area contributed by atoms with Crippen molar-refractivity contribution in [3.63, 3.8) is 0 Å². The highest BCUT2D eigenvalue weighted by atomic mass is 19.1. The third-order valence-electron chi connectivity index (χ3n) is 6.24. The van der Waals surface area contributed by atoms with E-state index in [2.05, 4.69) is 5.32 Å². The van der Waals surface area contributed by atoms with Crippen LogP contribution in [0, 0.1) is 17.5 Å². The molecule has 1 atom stereocenters. The number of aromatic hydroxyl groups is 1.